The number of nitrogens with zero attached hydrogens (tertiary/aromatic N) is 1. The fraction of sp³-hybridized carbons (Fsp3) is 0.727. The molecule has 0 bridgehead atoms. The van der Waals surface area contributed by atoms with Crippen LogP contribution in [0.15, 0.2) is 17.1 Å². The second-order valence-electron chi connectivity index (χ2n) is 4.69. The molecule has 1 spiro atoms. The molecule has 1 aromatic rings. The molecule has 1 atom stereocenters. The van der Waals surface area contributed by atoms with Gasteiger partial charge in [-0.1, -0.05) is 12.8 Å². The number of nitrogens with one attached hydrogen (secondary N) is 1. The molecule has 2 aliphatic carbocycles. The van der Waals surface area contributed by atoms with E-state index in [9.17, 15) is 0 Å². The summed E-state index contributed by atoms with van der Waals surface area (Å²) in [5, 5.41) is 3.57. The van der Waals surface area contributed by atoms with E-state index in [0.29, 0.717) is 5.41 Å². The van der Waals surface area contributed by atoms with Crippen LogP contribution in [0.5, 0.6) is 0 Å². The molecular formula is C11H16N2O. The number of hydrogen-bond acceptors (Lipinski definition) is 3. The highest BCUT2D eigenvalue weighted by molar-refractivity contribution is 5.10. The average molecular weight is 192 g/mol. The van der Waals surface area contributed by atoms with Crippen molar-refractivity contribution >= 4 is 0 Å². The summed E-state index contributed by atoms with van der Waals surface area (Å²) < 4.78 is 4.93. The molecule has 1 unspecified atom stereocenters. The summed E-state index contributed by atoms with van der Waals surface area (Å²) in [6.45, 7) is 0.864. The molecule has 2 aliphatic rings. The van der Waals surface area contributed by atoms with Crippen LogP contribution in [0.3, 0.4) is 0 Å². The van der Waals surface area contributed by atoms with Crippen LogP contribution in [-0.2, 0) is 6.54 Å². The molecule has 3 heteroatoms. The molecule has 0 aromatic carbocycles. The number of aromatic nitrogens is 1. The first kappa shape index (κ1) is 8.48. The predicted octanol–water partition coefficient (Wildman–Crippen LogP) is 2.10. The Morgan fingerprint density at radius 2 is 2.36 bits per heavy atom. The van der Waals surface area contributed by atoms with Crippen LogP contribution in [0.4, 0.5) is 0 Å². The molecule has 14 heavy (non-hydrogen) atoms. The highest BCUT2D eigenvalue weighted by Crippen LogP contribution is 2.57. The van der Waals surface area contributed by atoms with Crippen molar-refractivity contribution in [2.75, 3.05) is 0 Å². The van der Waals surface area contributed by atoms with E-state index in [1.165, 1.54) is 38.5 Å². The van der Waals surface area contributed by atoms with Crippen molar-refractivity contribution in [1.82, 2.24) is 10.3 Å². The van der Waals surface area contributed by atoms with Crippen molar-refractivity contribution < 1.29 is 4.42 Å². The highest BCUT2D eigenvalue weighted by atomic mass is 16.3. The van der Waals surface area contributed by atoms with Crippen LogP contribution in [0.2, 0.25) is 0 Å². The van der Waals surface area contributed by atoms with Crippen LogP contribution in [0.25, 0.3) is 0 Å². The zero-order valence-corrected chi connectivity index (χ0v) is 8.33. The Balaban J connectivity index is 1.51. The Kier molecular flexibility index (Phi) is 1.87. The zero-order valence-electron chi connectivity index (χ0n) is 8.33. The minimum atomic E-state index is 0.684. The van der Waals surface area contributed by atoms with Gasteiger partial charge in [-0.15, -0.1) is 0 Å². The van der Waals surface area contributed by atoms with Gasteiger partial charge in [-0.3, -0.25) is 0 Å². The molecule has 76 valence electrons. The molecule has 0 amide bonds. The zero-order chi connectivity index (χ0) is 9.43. The molecule has 2 fully saturated rings. The van der Waals surface area contributed by atoms with Crippen LogP contribution < -0.4 is 5.32 Å². The summed E-state index contributed by atoms with van der Waals surface area (Å²) >= 11 is 0. The third-order valence-corrected chi connectivity index (χ3v) is 3.80. The van der Waals surface area contributed by atoms with Gasteiger partial charge in [0.15, 0.2) is 6.39 Å². The Morgan fingerprint density at radius 1 is 1.50 bits per heavy atom. The number of hydrogen-bond donors (Lipinski definition) is 1. The van der Waals surface area contributed by atoms with E-state index in [1.54, 1.807) is 6.26 Å². The Bertz CT molecular complexity index is 301. The first-order valence-corrected chi connectivity index (χ1v) is 5.50. The summed E-state index contributed by atoms with van der Waals surface area (Å²) in [6, 6.07) is 0.752. The van der Waals surface area contributed by atoms with Gasteiger partial charge in [-0.05, 0) is 24.7 Å². The molecule has 0 radical (unpaired) electrons. The van der Waals surface area contributed by atoms with Gasteiger partial charge >= 0.3 is 0 Å². The lowest BCUT2D eigenvalue weighted by Gasteiger charge is -2.08. The largest absolute Gasteiger partial charge is 0.451 e. The lowest BCUT2D eigenvalue weighted by molar-refractivity contribution is 0.466. The lowest BCUT2D eigenvalue weighted by Crippen LogP contribution is -2.21. The van der Waals surface area contributed by atoms with Crippen LogP contribution in [0, 0.1) is 5.41 Å². The Hall–Kier alpha value is -0.830. The van der Waals surface area contributed by atoms with E-state index in [-0.39, 0.29) is 0 Å². The van der Waals surface area contributed by atoms with Crippen molar-refractivity contribution in [2.45, 2.75) is 44.7 Å². The minimum absolute atomic E-state index is 0.684. The second kappa shape index (κ2) is 3.09. The highest BCUT2D eigenvalue weighted by Gasteiger charge is 2.54. The maximum Gasteiger partial charge on any atom is 0.180 e. The normalized spacial score (nSPS) is 28.4. The standard InChI is InChI=1S/C11H16N2O/c1-2-4-11(3-1)5-10(11)12-6-9-7-14-8-13-9/h7-8,10,12H,1-6H2. The van der Waals surface area contributed by atoms with Crippen LogP contribution in [-0.4, -0.2) is 11.0 Å². The molecule has 0 aliphatic heterocycles. The molecule has 3 nitrogen and oxygen atoms in total. The van der Waals surface area contributed by atoms with E-state index in [2.05, 4.69) is 10.3 Å². The third-order valence-electron chi connectivity index (χ3n) is 3.80. The monoisotopic (exact) mass is 192 g/mol. The summed E-state index contributed by atoms with van der Waals surface area (Å²) in [5.74, 6) is 0. The molecule has 3 rings (SSSR count). The van der Waals surface area contributed by atoms with E-state index < -0.39 is 0 Å². The fourth-order valence-corrected chi connectivity index (χ4v) is 2.82. The van der Waals surface area contributed by atoms with Gasteiger partial charge in [0.2, 0.25) is 0 Å². The fourth-order valence-electron chi connectivity index (χ4n) is 2.82. The van der Waals surface area contributed by atoms with Gasteiger partial charge in [0.1, 0.15) is 6.26 Å². The molecule has 1 heterocycles. The summed E-state index contributed by atoms with van der Waals surface area (Å²) in [6.07, 6.45) is 10.3. The Labute approximate surface area is 83.9 Å². The van der Waals surface area contributed by atoms with Crippen LogP contribution in [0.1, 0.15) is 37.8 Å². The third kappa shape index (κ3) is 1.36. The van der Waals surface area contributed by atoms with Gasteiger partial charge < -0.3 is 9.73 Å². The first-order valence-electron chi connectivity index (χ1n) is 5.50. The van der Waals surface area contributed by atoms with Crippen LogP contribution >= 0.6 is 0 Å². The summed E-state index contributed by atoms with van der Waals surface area (Å²) in [5.41, 5.74) is 1.70. The van der Waals surface area contributed by atoms with E-state index in [0.717, 1.165) is 18.3 Å². The summed E-state index contributed by atoms with van der Waals surface area (Å²) in [7, 11) is 0. The minimum Gasteiger partial charge on any atom is -0.451 e. The topological polar surface area (TPSA) is 38.1 Å². The maximum atomic E-state index is 4.93. The predicted molar refractivity (Wildman–Crippen MR) is 52.6 cm³/mol. The average Bonchev–Trinajstić information content (AvgIpc) is 2.63. The van der Waals surface area contributed by atoms with Crippen molar-refractivity contribution in [1.29, 1.82) is 0 Å². The number of rotatable bonds is 3. The van der Waals surface area contributed by atoms with Crippen molar-refractivity contribution in [3.8, 4) is 0 Å². The first-order chi connectivity index (χ1) is 6.89. The molecule has 2 saturated carbocycles. The SMILES string of the molecule is c1nc(CNC2CC23CCCC3)co1. The summed E-state index contributed by atoms with van der Waals surface area (Å²) in [4.78, 5) is 4.10. The number of oxazole rings is 1. The molecular weight excluding hydrogens is 176 g/mol. The van der Waals surface area contributed by atoms with Gasteiger partial charge in [0, 0.05) is 12.6 Å². The molecule has 1 N–H and O–H groups in total. The Morgan fingerprint density at radius 3 is 3.07 bits per heavy atom. The van der Waals surface area contributed by atoms with E-state index in [1.807, 2.05) is 0 Å². The maximum absolute atomic E-state index is 4.93. The van der Waals surface area contributed by atoms with Crippen molar-refractivity contribution in [3.05, 3.63) is 18.4 Å². The quantitative estimate of drug-likeness (QED) is 0.797. The van der Waals surface area contributed by atoms with E-state index in [4.69, 9.17) is 4.42 Å². The van der Waals surface area contributed by atoms with Gasteiger partial charge in [-0.25, -0.2) is 4.98 Å². The van der Waals surface area contributed by atoms with E-state index >= 15 is 0 Å². The van der Waals surface area contributed by atoms with Gasteiger partial charge in [0.25, 0.3) is 0 Å². The van der Waals surface area contributed by atoms with Crippen molar-refractivity contribution in [3.63, 3.8) is 0 Å². The lowest BCUT2D eigenvalue weighted by atomic mass is 10.1. The van der Waals surface area contributed by atoms with Gasteiger partial charge in [0.05, 0.1) is 5.69 Å². The molecule has 0 saturated heterocycles. The smallest absolute Gasteiger partial charge is 0.180 e. The van der Waals surface area contributed by atoms with Crippen molar-refractivity contribution in [2.24, 2.45) is 5.41 Å². The molecule has 1 aromatic heterocycles. The van der Waals surface area contributed by atoms with Gasteiger partial charge in [-0.2, -0.15) is 0 Å². The second-order valence-corrected chi connectivity index (χ2v) is 4.69.